The quantitative estimate of drug-likeness (QED) is 0.900. The van der Waals surface area contributed by atoms with Crippen molar-refractivity contribution in [2.75, 3.05) is 45.3 Å². The fourth-order valence-corrected chi connectivity index (χ4v) is 2.39. The van der Waals surface area contributed by atoms with E-state index in [1.165, 1.54) is 19.9 Å². The van der Waals surface area contributed by atoms with Crippen LogP contribution in [0.3, 0.4) is 0 Å². The molecule has 1 N–H and O–H groups in total. The van der Waals surface area contributed by atoms with Gasteiger partial charge in [0.1, 0.15) is 5.75 Å². The minimum atomic E-state index is 0.191. The van der Waals surface area contributed by atoms with Crippen molar-refractivity contribution in [1.29, 1.82) is 0 Å². The van der Waals surface area contributed by atoms with E-state index in [9.17, 15) is 0 Å². The maximum atomic E-state index is 5.69. The van der Waals surface area contributed by atoms with E-state index in [2.05, 4.69) is 20.2 Å². The second kappa shape index (κ2) is 7.15. The van der Waals surface area contributed by atoms with E-state index in [1.807, 2.05) is 24.3 Å². The Morgan fingerprint density at radius 3 is 2.13 bits per heavy atom. The predicted molar refractivity (Wildman–Crippen MR) is 86.7 cm³/mol. The fourth-order valence-electron chi connectivity index (χ4n) is 2.39. The number of hydrogen-bond acceptors (Lipinski definition) is 7. The molecule has 7 nitrogen and oxygen atoms in total. The van der Waals surface area contributed by atoms with E-state index < -0.39 is 0 Å². The Balaban J connectivity index is 1.72. The van der Waals surface area contributed by atoms with Gasteiger partial charge in [0.15, 0.2) is 0 Å². The molecular weight excluding hydrogens is 296 g/mol. The summed E-state index contributed by atoms with van der Waals surface area (Å²) in [5.41, 5.74) is 1.18. The molecule has 0 aliphatic carbocycles. The summed E-state index contributed by atoms with van der Waals surface area (Å²) in [5, 5.41) is 3.34. The molecule has 1 saturated heterocycles. The van der Waals surface area contributed by atoms with E-state index in [4.69, 9.17) is 14.2 Å². The van der Waals surface area contributed by atoms with Gasteiger partial charge in [-0.1, -0.05) is 0 Å². The maximum absolute atomic E-state index is 5.69. The van der Waals surface area contributed by atoms with Crippen LogP contribution in [0.1, 0.15) is 0 Å². The number of methoxy groups -OCH3 is 2. The highest BCUT2D eigenvalue weighted by atomic mass is 16.5. The molecule has 0 unspecified atom stereocenters. The van der Waals surface area contributed by atoms with Crippen LogP contribution in [0.25, 0.3) is 0 Å². The van der Waals surface area contributed by atoms with Gasteiger partial charge in [0.05, 0.1) is 20.3 Å². The Kier molecular flexibility index (Phi) is 4.77. The summed E-state index contributed by atoms with van der Waals surface area (Å²) < 4.78 is 15.9. The van der Waals surface area contributed by atoms with Gasteiger partial charge < -0.3 is 24.4 Å². The first kappa shape index (κ1) is 15.4. The number of benzene rings is 1. The Bertz CT molecular complexity index is 620. The van der Waals surface area contributed by atoms with Crippen molar-refractivity contribution in [3.8, 4) is 23.5 Å². The number of nitrogens with zero attached hydrogens (tertiary/aromatic N) is 3. The third kappa shape index (κ3) is 3.81. The molecule has 122 valence electrons. The molecule has 1 aromatic heterocycles. The summed E-state index contributed by atoms with van der Waals surface area (Å²) in [6.45, 7) is 4.04. The minimum absolute atomic E-state index is 0.191. The molecule has 2 aromatic rings. The van der Waals surface area contributed by atoms with Crippen LogP contribution in [0.15, 0.2) is 30.3 Å². The zero-order chi connectivity index (χ0) is 16.1. The number of nitrogens with one attached hydrogen (secondary N) is 1. The number of ether oxygens (including phenoxy) is 3. The zero-order valence-electron chi connectivity index (χ0n) is 13.3. The molecule has 1 aliphatic heterocycles. The lowest BCUT2D eigenvalue weighted by Crippen LogP contribution is -2.43. The molecule has 0 bridgehead atoms. The summed E-state index contributed by atoms with van der Waals surface area (Å²) in [7, 11) is 3.07. The van der Waals surface area contributed by atoms with Crippen molar-refractivity contribution in [2.45, 2.75) is 0 Å². The molecule has 2 heterocycles. The van der Waals surface area contributed by atoms with Crippen molar-refractivity contribution in [1.82, 2.24) is 15.3 Å². The highest BCUT2D eigenvalue weighted by Crippen LogP contribution is 2.25. The molecule has 23 heavy (non-hydrogen) atoms. The number of aromatic nitrogens is 2. The van der Waals surface area contributed by atoms with Gasteiger partial charge in [0.25, 0.3) is 0 Å². The first-order valence-corrected chi connectivity index (χ1v) is 7.49. The van der Waals surface area contributed by atoms with Gasteiger partial charge >= 0.3 is 6.01 Å². The van der Waals surface area contributed by atoms with E-state index >= 15 is 0 Å². The largest absolute Gasteiger partial charge is 0.481 e. The summed E-state index contributed by atoms with van der Waals surface area (Å²) in [5.74, 6) is 1.45. The molecule has 0 saturated carbocycles. The Labute approximate surface area is 135 Å². The third-order valence-corrected chi connectivity index (χ3v) is 3.60. The van der Waals surface area contributed by atoms with Crippen LogP contribution in [-0.4, -0.2) is 50.4 Å². The standard InChI is InChI=1S/C16H20N4O3/c1-21-14-11-15(22-2)19-16(18-14)23-13-5-3-12(4-6-13)20-9-7-17-8-10-20/h3-6,11,17H,7-10H2,1-2H3. The molecule has 0 spiro atoms. The van der Waals surface area contributed by atoms with Crippen LogP contribution in [0.4, 0.5) is 5.69 Å². The molecule has 1 fully saturated rings. The van der Waals surface area contributed by atoms with E-state index in [0.717, 1.165) is 26.2 Å². The van der Waals surface area contributed by atoms with E-state index in [1.54, 1.807) is 6.07 Å². The van der Waals surface area contributed by atoms with Gasteiger partial charge in [-0.2, -0.15) is 9.97 Å². The molecule has 1 aromatic carbocycles. The minimum Gasteiger partial charge on any atom is -0.481 e. The molecule has 0 radical (unpaired) electrons. The normalized spacial score (nSPS) is 14.4. The third-order valence-electron chi connectivity index (χ3n) is 3.60. The van der Waals surface area contributed by atoms with Crippen LogP contribution < -0.4 is 24.4 Å². The lowest BCUT2D eigenvalue weighted by Gasteiger charge is -2.29. The van der Waals surface area contributed by atoms with Crippen molar-refractivity contribution in [3.63, 3.8) is 0 Å². The number of piperazine rings is 1. The SMILES string of the molecule is COc1cc(OC)nc(Oc2ccc(N3CCNCC3)cc2)n1. The summed E-state index contributed by atoms with van der Waals surface area (Å²) in [4.78, 5) is 10.6. The maximum Gasteiger partial charge on any atom is 0.328 e. The summed E-state index contributed by atoms with van der Waals surface area (Å²) in [6, 6.07) is 9.69. The van der Waals surface area contributed by atoms with Gasteiger partial charge in [0.2, 0.25) is 11.8 Å². The van der Waals surface area contributed by atoms with Crippen LogP contribution in [-0.2, 0) is 0 Å². The molecular formula is C16H20N4O3. The average molecular weight is 316 g/mol. The predicted octanol–water partition coefficient (Wildman–Crippen LogP) is 1.70. The van der Waals surface area contributed by atoms with Gasteiger partial charge in [0, 0.05) is 31.9 Å². The van der Waals surface area contributed by atoms with Crippen molar-refractivity contribution < 1.29 is 14.2 Å². The van der Waals surface area contributed by atoms with Gasteiger partial charge in [-0.25, -0.2) is 0 Å². The monoisotopic (exact) mass is 316 g/mol. The molecule has 1 aliphatic rings. The highest BCUT2D eigenvalue weighted by Gasteiger charge is 2.11. The lowest BCUT2D eigenvalue weighted by atomic mass is 10.2. The van der Waals surface area contributed by atoms with Crippen LogP contribution in [0, 0.1) is 0 Å². The van der Waals surface area contributed by atoms with Crippen molar-refractivity contribution in [3.05, 3.63) is 30.3 Å². The number of rotatable bonds is 5. The molecule has 7 heteroatoms. The molecule has 0 amide bonds. The Hall–Kier alpha value is -2.54. The van der Waals surface area contributed by atoms with Crippen LogP contribution in [0.2, 0.25) is 0 Å². The fraction of sp³-hybridized carbons (Fsp3) is 0.375. The van der Waals surface area contributed by atoms with Gasteiger partial charge in [-0.15, -0.1) is 0 Å². The Morgan fingerprint density at radius 1 is 0.957 bits per heavy atom. The van der Waals surface area contributed by atoms with Gasteiger partial charge in [-0.3, -0.25) is 0 Å². The Morgan fingerprint density at radius 2 is 1.57 bits per heavy atom. The molecule has 0 atom stereocenters. The summed E-state index contributed by atoms with van der Waals surface area (Å²) >= 11 is 0. The van der Waals surface area contributed by atoms with Crippen molar-refractivity contribution >= 4 is 5.69 Å². The zero-order valence-corrected chi connectivity index (χ0v) is 13.3. The lowest BCUT2D eigenvalue weighted by molar-refractivity contribution is 0.348. The highest BCUT2D eigenvalue weighted by molar-refractivity contribution is 5.49. The summed E-state index contributed by atoms with van der Waals surface area (Å²) in [6.07, 6.45) is 0. The van der Waals surface area contributed by atoms with Gasteiger partial charge in [-0.05, 0) is 24.3 Å². The van der Waals surface area contributed by atoms with Crippen LogP contribution in [0.5, 0.6) is 23.5 Å². The smallest absolute Gasteiger partial charge is 0.328 e. The number of hydrogen-bond donors (Lipinski definition) is 1. The second-order valence-electron chi connectivity index (χ2n) is 5.07. The second-order valence-corrected chi connectivity index (χ2v) is 5.07. The first-order valence-electron chi connectivity index (χ1n) is 7.49. The average Bonchev–Trinajstić information content (AvgIpc) is 2.62. The molecule has 3 rings (SSSR count). The van der Waals surface area contributed by atoms with E-state index in [-0.39, 0.29) is 6.01 Å². The first-order chi connectivity index (χ1) is 11.3. The number of anilines is 1. The van der Waals surface area contributed by atoms with E-state index in [0.29, 0.717) is 17.5 Å². The van der Waals surface area contributed by atoms with Crippen LogP contribution >= 0.6 is 0 Å². The topological polar surface area (TPSA) is 68.7 Å². The van der Waals surface area contributed by atoms with Crippen molar-refractivity contribution in [2.24, 2.45) is 0 Å².